The van der Waals surface area contributed by atoms with Crippen LogP contribution in [0.15, 0.2) is 0 Å². The number of nitrogens with zero attached hydrogens (tertiary/aromatic N) is 1. The van der Waals surface area contributed by atoms with Crippen LogP contribution in [-0.4, -0.2) is 35.8 Å². The van der Waals surface area contributed by atoms with Crippen molar-refractivity contribution >= 4 is 11.8 Å². The van der Waals surface area contributed by atoms with E-state index >= 15 is 0 Å². The number of rotatable bonds is 6. The third-order valence-electron chi connectivity index (χ3n) is 2.32. The number of nitrogens with one attached hydrogen (secondary N) is 1. The van der Waals surface area contributed by atoms with E-state index in [0.29, 0.717) is 6.42 Å². The second-order valence-electron chi connectivity index (χ2n) is 5.51. The Kier molecular flexibility index (Phi) is 6.85. The van der Waals surface area contributed by atoms with Crippen molar-refractivity contribution in [3.05, 3.63) is 0 Å². The number of hydrogen-bond acceptors (Lipinski definition) is 2. The number of carbonyl (C=O) groups is 2. The molecule has 0 aliphatic heterocycles. The van der Waals surface area contributed by atoms with Gasteiger partial charge < -0.3 is 10.2 Å². The van der Waals surface area contributed by atoms with Gasteiger partial charge in [0.2, 0.25) is 11.8 Å². The highest BCUT2D eigenvalue weighted by Gasteiger charge is 2.17. The summed E-state index contributed by atoms with van der Waals surface area (Å²) in [6.45, 7) is 8.02. The molecule has 0 heterocycles. The molecule has 17 heavy (non-hydrogen) atoms. The van der Waals surface area contributed by atoms with Gasteiger partial charge in [0.15, 0.2) is 0 Å². The summed E-state index contributed by atoms with van der Waals surface area (Å²) >= 11 is 0. The molecule has 100 valence electrons. The van der Waals surface area contributed by atoms with Crippen molar-refractivity contribution in [1.29, 1.82) is 0 Å². The van der Waals surface area contributed by atoms with Gasteiger partial charge in [0.25, 0.3) is 0 Å². The number of unbranched alkanes of at least 4 members (excludes halogenated alkanes) is 2. The quantitative estimate of drug-likeness (QED) is 0.724. The minimum absolute atomic E-state index is 0.0440. The number of likely N-dealkylation sites (N-methyl/N-ethyl adjacent to an activating group) is 1. The van der Waals surface area contributed by atoms with Crippen LogP contribution in [0.1, 0.15) is 53.4 Å². The molecule has 0 fully saturated rings. The first-order valence-corrected chi connectivity index (χ1v) is 6.31. The van der Waals surface area contributed by atoms with Gasteiger partial charge in [-0.25, -0.2) is 0 Å². The molecule has 2 amide bonds. The average Bonchev–Trinajstić information content (AvgIpc) is 2.14. The van der Waals surface area contributed by atoms with Crippen molar-refractivity contribution in [3.8, 4) is 0 Å². The van der Waals surface area contributed by atoms with E-state index in [1.807, 2.05) is 20.8 Å². The molecule has 0 saturated heterocycles. The zero-order chi connectivity index (χ0) is 13.5. The maximum absolute atomic E-state index is 11.7. The molecule has 4 nitrogen and oxygen atoms in total. The van der Waals surface area contributed by atoms with E-state index in [1.165, 1.54) is 4.90 Å². The first-order chi connectivity index (χ1) is 7.76. The molecule has 0 bridgehead atoms. The van der Waals surface area contributed by atoms with Gasteiger partial charge in [-0.05, 0) is 27.2 Å². The Bertz CT molecular complexity index is 257. The summed E-state index contributed by atoms with van der Waals surface area (Å²) in [5.41, 5.74) is -0.247. The molecule has 4 heteroatoms. The van der Waals surface area contributed by atoms with Gasteiger partial charge in [-0.2, -0.15) is 0 Å². The van der Waals surface area contributed by atoms with Crippen LogP contribution in [0.5, 0.6) is 0 Å². The second-order valence-corrected chi connectivity index (χ2v) is 5.51. The molecule has 1 N–H and O–H groups in total. The minimum atomic E-state index is -0.247. The lowest BCUT2D eigenvalue weighted by molar-refractivity contribution is -0.135. The number of amides is 2. The molecule has 0 rings (SSSR count). The van der Waals surface area contributed by atoms with Crippen LogP contribution in [-0.2, 0) is 9.59 Å². The minimum Gasteiger partial charge on any atom is -0.350 e. The standard InChI is InChI=1S/C13H26N2O2/c1-6-7-8-9-12(17)15(5)10-11(16)14-13(2,3)4/h6-10H2,1-5H3,(H,14,16). The van der Waals surface area contributed by atoms with E-state index in [4.69, 9.17) is 0 Å². The Balaban J connectivity index is 3.95. The van der Waals surface area contributed by atoms with E-state index < -0.39 is 0 Å². The van der Waals surface area contributed by atoms with E-state index in [2.05, 4.69) is 12.2 Å². The Labute approximate surface area is 105 Å². The summed E-state index contributed by atoms with van der Waals surface area (Å²) in [4.78, 5) is 24.8. The average molecular weight is 242 g/mol. The summed E-state index contributed by atoms with van der Waals surface area (Å²) < 4.78 is 0. The predicted octanol–water partition coefficient (Wildman–Crippen LogP) is 1.94. The molecular weight excluding hydrogens is 216 g/mol. The van der Waals surface area contributed by atoms with Crippen LogP contribution in [0, 0.1) is 0 Å². The second kappa shape index (κ2) is 7.30. The highest BCUT2D eigenvalue weighted by molar-refractivity contribution is 5.84. The van der Waals surface area contributed by atoms with Crippen molar-refractivity contribution < 1.29 is 9.59 Å². The Morgan fingerprint density at radius 1 is 1.18 bits per heavy atom. The lowest BCUT2D eigenvalue weighted by Gasteiger charge is -2.23. The Hall–Kier alpha value is -1.06. The Morgan fingerprint density at radius 3 is 2.24 bits per heavy atom. The molecule has 0 aliphatic carbocycles. The number of hydrogen-bond donors (Lipinski definition) is 1. The molecule has 0 unspecified atom stereocenters. The molecule has 0 aromatic heterocycles. The summed E-state index contributed by atoms with van der Waals surface area (Å²) in [5, 5.41) is 2.84. The topological polar surface area (TPSA) is 49.4 Å². The van der Waals surface area contributed by atoms with Crippen LogP contribution in [0.25, 0.3) is 0 Å². The van der Waals surface area contributed by atoms with Gasteiger partial charge in [0.1, 0.15) is 0 Å². The van der Waals surface area contributed by atoms with Crippen LogP contribution in [0.2, 0.25) is 0 Å². The van der Waals surface area contributed by atoms with Crippen molar-refractivity contribution in [2.45, 2.75) is 58.9 Å². The van der Waals surface area contributed by atoms with Crippen LogP contribution in [0.3, 0.4) is 0 Å². The monoisotopic (exact) mass is 242 g/mol. The summed E-state index contributed by atoms with van der Waals surface area (Å²) in [6.07, 6.45) is 3.60. The van der Waals surface area contributed by atoms with E-state index in [-0.39, 0.29) is 23.9 Å². The number of carbonyl (C=O) groups excluding carboxylic acids is 2. The molecule has 0 aromatic carbocycles. The fourth-order valence-electron chi connectivity index (χ4n) is 1.48. The fraction of sp³-hybridized carbons (Fsp3) is 0.846. The summed E-state index contributed by atoms with van der Waals surface area (Å²) in [6, 6.07) is 0. The lowest BCUT2D eigenvalue weighted by Crippen LogP contribution is -2.46. The third-order valence-corrected chi connectivity index (χ3v) is 2.32. The summed E-state index contributed by atoms with van der Waals surface area (Å²) in [7, 11) is 1.68. The first-order valence-electron chi connectivity index (χ1n) is 6.31. The molecule has 0 radical (unpaired) electrons. The van der Waals surface area contributed by atoms with Gasteiger partial charge in [0.05, 0.1) is 6.54 Å². The smallest absolute Gasteiger partial charge is 0.240 e. The summed E-state index contributed by atoms with van der Waals surface area (Å²) in [5.74, 6) is -0.0636. The zero-order valence-corrected chi connectivity index (χ0v) is 11.8. The third kappa shape index (κ3) is 8.72. The van der Waals surface area contributed by atoms with Gasteiger partial charge >= 0.3 is 0 Å². The van der Waals surface area contributed by atoms with Crippen molar-refractivity contribution in [3.63, 3.8) is 0 Å². The maximum atomic E-state index is 11.7. The van der Waals surface area contributed by atoms with E-state index in [0.717, 1.165) is 19.3 Å². The van der Waals surface area contributed by atoms with Crippen LogP contribution in [0.4, 0.5) is 0 Å². The molecule has 0 aliphatic rings. The molecular formula is C13H26N2O2. The molecule has 0 atom stereocenters. The predicted molar refractivity (Wildman–Crippen MR) is 69.7 cm³/mol. The first kappa shape index (κ1) is 15.9. The molecule has 0 spiro atoms. The SMILES string of the molecule is CCCCCC(=O)N(C)CC(=O)NC(C)(C)C. The van der Waals surface area contributed by atoms with Crippen LogP contribution < -0.4 is 5.32 Å². The highest BCUT2D eigenvalue weighted by Crippen LogP contribution is 2.02. The van der Waals surface area contributed by atoms with Crippen molar-refractivity contribution in [2.24, 2.45) is 0 Å². The maximum Gasteiger partial charge on any atom is 0.240 e. The highest BCUT2D eigenvalue weighted by atomic mass is 16.2. The lowest BCUT2D eigenvalue weighted by atomic mass is 10.1. The van der Waals surface area contributed by atoms with Crippen molar-refractivity contribution in [2.75, 3.05) is 13.6 Å². The van der Waals surface area contributed by atoms with E-state index in [1.54, 1.807) is 7.05 Å². The van der Waals surface area contributed by atoms with Gasteiger partial charge in [-0.15, -0.1) is 0 Å². The zero-order valence-electron chi connectivity index (χ0n) is 11.8. The van der Waals surface area contributed by atoms with Gasteiger partial charge in [0, 0.05) is 19.0 Å². The van der Waals surface area contributed by atoms with Gasteiger partial charge in [-0.1, -0.05) is 19.8 Å². The van der Waals surface area contributed by atoms with Crippen LogP contribution >= 0.6 is 0 Å². The van der Waals surface area contributed by atoms with Gasteiger partial charge in [-0.3, -0.25) is 9.59 Å². The largest absolute Gasteiger partial charge is 0.350 e. The fourth-order valence-corrected chi connectivity index (χ4v) is 1.48. The molecule has 0 saturated carbocycles. The normalized spacial score (nSPS) is 11.1. The van der Waals surface area contributed by atoms with E-state index in [9.17, 15) is 9.59 Å². The van der Waals surface area contributed by atoms with Crippen molar-refractivity contribution in [1.82, 2.24) is 10.2 Å². The Morgan fingerprint density at radius 2 is 1.76 bits per heavy atom. The molecule has 0 aromatic rings.